The van der Waals surface area contributed by atoms with Crippen molar-refractivity contribution in [1.29, 1.82) is 0 Å². The topological polar surface area (TPSA) is 103 Å². The molecule has 1 heterocycles. The van der Waals surface area contributed by atoms with Crippen molar-refractivity contribution in [3.05, 3.63) is 71.0 Å². The van der Waals surface area contributed by atoms with Crippen molar-refractivity contribution < 1.29 is 9.53 Å². The smallest absolute Gasteiger partial charge is 0.310 e. The number of aromatic nitrogens is 3. The van der Waals surface area contributed by atoms with E-state index in [1.54, 1.807) is 0 Å². The van der Waals surface area contributed by atoms with Crippen LogP contribution in [0.25, 0.3) is 0 Å². The molecule has 28 heavy (non-hydrogen) atoms. The Morgan fingerprint density at radius 1 is 1.04 bits per heavy atom. The molecule has 0 bridgehead atoms. The lowest BCUT2D eigenvalue weighted by molar-refractivity contribution is -0.144. The van der Waals surface area contributed by atoms with Gasteiger partial charge in [-0.15, -0.1) is 0 Å². The summed E-state index contributed by atoms with van der Waals surface area (Å²) in [6.45, 7) is -0.0556. The second kappa shape index (κ2) is 8.04. The van der Waals surface area contributed by atoms with Crippen molar-refractivity contribution in [2.24, 2.45) is 0 Å². The highest BCUT2D eigenvalue weighted by Crippen LogP contribution is 2.23. The van der Waals surface area contributed by atoms with Gasteiger partial charge in [-0.1, -0.05) is 36.4 Å². The number of nitrogen functional groups attached to an aromatic ring is 1. The second-order valence-corrected chi connectivity index (χ2v) is 6.72. The molecular weight excluding hydrogens is 354 g/mol. The standard InChI is InChI=1S/C21H21N5O2/c22-20-24-18(25-21(26-20)23-17-7-2-1-3-8-17)13-28-19(27)12-14-9-10-15-5-4-6-16(15)11-14/h1-3,7-11H,4-6,12-13H2,(H3,22,23,24,25,26). The molecule has 1 aliphatic rings. The SMILES string of the molecule is Nc1nc(COC(=O)Cc2ccc3c(c2)CCC3)nc(Nc2ccccc2)n1. The van der Waals surface area contributed by atoms with Crippen LogP contribution in [-0.2, 0) is 35.4 Å². The number of nitrogens with zero attached hydrogens (tertiary/aromatic N) is 3. The van der Waals surface area contributed by atoms with Crippen molar-refractivity contribution in [2.75, 3.05) is 11.1 Å². The summed E-state index contributed by atoms with van der Waals surface area (Å²) in [5, 5.41) is 3.05. The zero-order valence-electron chi connectivity index (χ0n) is 15.4. The van der Waals surface area contributed by atoms with E-state index in [9.17, 15) is 4.79 Å². The molecule has 0 atom stereocenters. The summed E-state index contributed by atoms with van der Waals surface area (Å²) in [6.07, 6.45) is 3.62. The molecule has 1 aromatic heterocycles. The molecule has 3 aromatic rings. The van der Waals surface area contributed by atoms with Gasteiger partial charge in [0.2, 0.25) is 11.9 Å². The number of fused-ring (bicyclic) bond motifs is 1. The molecule has 0 saturated carbocycles. The Morgan fingerprint density at radius 3 is 2.71 bits per heavy atom. The third-order valence-electron chi connectivity index (χ3n) is 4.60. The van der Waals surface area contributed by atoms with Crippen LogP contribution in [0.3, 0.4) is 0 Å². The van der Waals surface area contributed by atoms with E-state index in [2.05, 4.69) is 32.4 Å². The summed E-state index contributed by atoms with van der Waals surface area (Å²) in [5.41, 5.74) is 10.3. The van der Waals surface area contributed by atoms with E-state index in [1.807, 2.05) is 36.4 Å². The number of carbonyl (C=O) groups excluding carboxylic acids is 1. The van der Waals surface area contributed by atoms with E-state index in [0.717, 1.165) is 24.1 Å². The molecule has 3 N–H and O–H groups in total. The maximum absolute atomic E-state index is 12.2. The number of hydrogen-bond donors (Lipinski definition) is 2. The van der Waals surface area contributed by atoms with Crippen molar-refractivity contribution in [3.8, 4) is 0 Å². The number of benzene rings is 2. The Labute approximate surface area is 163 Å². The van der Waals surface area contributed by atoms with Crippen LogP contribution in [0.4, 0.5) is 17.6 Å². The average Bonchev–Trinajstić information content (AvgIpc) is 3.15. The van der Waals surface area contributed by atoms with Gasteiger partial charge in [0.05, 0.1) is 6.42 Å². The number of esters is 1. The molecule has 0 radical (unpaired) electrons. The Hall–Kier alpha value is -3.48. The minimum atomic E-state index is -0.325. The van der Waals surface area contributed by atoms with Crippen LogP contribution in [0.15, 0.2) is 48.5 Å². The Bertz CT molecular complexity index is 991. The molecule has 7 heteroatoms. The van der Waals surface area contributed by atoms with Crippen LogP contribution < -0.4 is 11.1 Å². The molecule has 0 fully saturated rings. The fraction of sp³-hybridized carbons (Fsp3) is 0.238. The summed E-state index contributed by atoms with van der Waals surface area (Å²) in [4.78, 5) is 24.6. The number of carbonyl (C=O) groups is 1. The maximum Gasteiger partial charge on any atom is 0.310 e. The second-order valence-electron chi connectivity index (χ2n) is 6.72. The summed E-state index contributed by atoms with van der Waals surface area (Å²) in [5.74, 6) is 0.351. The third kappa shape index (κ3) is 4.43. The highest BCUT2D eigenvalue weighted by molar-refractivity contribution is 5.72. The van der Waals surface area contributed by atoms with Gasteiger partial charge >= 0.3 is 5.97 Å². The van der Waals surface area contributed by atoms with Crippen molar-refractivity contribution in [2.45, 2.75) is 32.3 Å². The summed E-state index contributed by atoms with van der Waals surface area (Å²) in [7, 11) is 0. The Kier molecular flexibility index (Phi) is 5.14. The quantitative estimate of drug-likeness (QED) is 0.638. The van der Waals surface area contributed by atoms with E-state index in [1.165, 1.54) is 17.5 Å². The zero-order valence-corrected chi connectivity index (χ0v) is 15.4. The minimum Gasteiger partial charge on any atom is -0.457 e. The molecule has 0 unspecified atom stereocenters. The molecule has 0 amide bonds. The van der Waals surface area contributed by atoms with Crippen LogP contribution in [0.5, 0.6) is 0 Å². The molecule has 0 spiro atoms. The number of nitrogens with two attached hydrogens (primary N) is 1. The van der Waals surface area contributed by atoms with Crippen molar-refractivity contribution in [1.82, 2.24) is 15.0 Å². The first-order valence-corrected chi connectivity index (χ1v) is 9.24. The van der Waals surface area contributed by atoms with Crippen molar-refractivity contribution in [3.63, 3.8) is 0 Å². The lowest BCUT2D eigenvalue weighted by Gasteiger charge is -2.08. The number of nitrogens with one attached hydrogen (secondary N) is 1. The van der Waals surface area contributed by atoms with E-state index < -0.39 is 0 Å². The number of hydrogen-bond acceptors (Lipinski definition) is 7. The third-order valence-corrected chi connectivity index (χ3v) is 4.60. The summed E-state index contributed by atoms with van der Waals surface area (Å²) >= 11 is 0. The van der Waals surface area contributed by atoms with Gasteiger partial charge in [0, 0.05) is 5.69 Å². The number of para-hydroxylation sites is 1. The fourth-order valence-corrected chi connectivity index (χ4v) is 3.31. The van der Waals surface area contributed by atoms with Gasteiger partial charge in [-0.05, 0) is 48.1 Å². The average molecular weight is 375 g/mol. The molecule has 1 aliphatic carbocycles. The predicted molar refractivity (Wildman–Crippen MR) is 106 cm³/mol. The minimum absolute atomic E-state index is 0.0556. The van der Waals surface area contributed by atoms with E-state index in [4.69, 9.17) is 10.5 Å². The number of aryl methyl sites for hydroxylation is 2. The normalized spacial score (nSPS) is 12.4. The lowest BCUT2D eigenvalue weighted by atomic mass is 10.0. The first-order valence-electron chi connectivity index (χ1n) is 9.24. The molecule has 0 aliphatic heterocycles. The van der Waals surface area contributed by atoms with Gasteiger partial charge in [0.25, 0.3) is 0 Å². The fourth-order valence-electron chi connectivity index (χ4n) is 3.31. The van der Waals surface area contributed by atoms with Crippen LogP contribution in [0.1, 0.15) is 28.9 Å². The molecule has 2 aromatic carbocycles. The monoisotopic (exact) mass is 375 g/mol. The van der Waals surface area contributed by atoms with E-state index in [-0.39, 0.29) is 24.9 Å². The molecule has 0 saturated heterocycles. The molecular formula is C21H21N5O2. The van der Waals surface area contributed by atoms with Gasteiger partial charge < -0.3 is 15.8 Å². The van der Waals surface area contributed by atoms with E-state index in [0.29, 0.717) is 11.8 Å². The van der Waals surface area contributed by atoms with Gasteiger partial charge in [-0.2, -0.15) is 15.0 Å². The van der Waals surface area contributed by atoms with Crippen molar-refractivity contribution >= 4 is 23.6 Å². The molecule has 142 valence electrons. The predicted octanol–water partition coefficient (Wildman–Crippen LogP) is 2.97. The van der Waals surface area contributed by atoms with Crippen LogP contribution in [-0.4, -0.2) is 20.9 Å². The maximum atomic E-state index is 12.2. The summed E-state index contributed by atoms with van der Waals surface area (Å²) in [6, 6.07) is 15.7. The molecule has 7 nitrogen and oxygen atoms in total. The van der Waals surface area contributed by atoms with Crippen LogP contribution in [0.2, 0.25) is 0 Å². The highest BCUT2D eigenvalue weighted by atomic mass is 16.5. The van der Waals surface area contributed by atoms with E-state index >= 15 is 0 Å². The number of anilines is 3. The van der Waals surface area contributed by atoms with Crippen LogP contribution >= 0.6 is 0 Å². The highest BCUT2D eigenvalue weighted by Gasteiger charge is 2.13. The van der Waals surface area contributed by atoms with Crippen LogP contribution in [0, 0.1) is 0 Å². The first-order chi connectivity index (χ1) is 13.7. The molecule has 4 rings (SSSR count). The van der Waals surface area contributed by atoms with Gasteiger partial charge in [0.1, 0.15) is 0 Å². The number of rotatable bonds is 6. The lowest BCUT2D eigenvalue weighted by Crippen LogP contribution is -2.12. The van der Waals surface area contributed by atoms with Gasteiger partial charge in [-0.3, -0.25) is 4.79 Å². The summed E-state index contributed by atoms with van der Waals surface area (Å²) < 4.78 is 5.34. The Morgan fingerprint density at radius 2 is 1.86 bits per heavy atom. The van der Waals surface area contributed by atoms with Gasteiger partial charge in [0.15, 0.2) is 12.4 Å². The Balaban J connectivity index is 1.37. The number of ether oxygens (including phenoxy) is 1. The largest absolute Gasteiger partial charge is 0.457 e. The van der Waals surface area contributed by atoms with Gasteiger partial charge in [-0.25, -0.2) is 0 Å². The zero-order chi connectivity index (χ0) is 19.3. The first kappa shape index (κ1) is 17.9.